The minimum absolute atomic E-state index is 0. The Morgan fingerprint density at radius 3 is 2.63 bits per heavy atom. The van der Waals surface area contributed by atoms with Gasteiger partial charge in [0, 0.05) is 32.2 Å². The molecular formula is C22H33IN4O2S. The molecule has 0 spiro atoms. The molecule has 0 atom stereocenters. The second-order valence-corrected chi connectivity index (χ2v) is 7.97. The molecule has 0 radical (unpaired) electrons. The summed E-state index contributed by atoms with van der Waals surface area (Å²) in [6, 6.07) is 10.7. The van der Waals surface area contributed by atoms with Crippen molar-refractivity contribution in [3.05, 3.63) is 41.3 Å². The summed E-state index contributed by atoms with van der Waals surface area (Å²) >= 11 is 1.82. The number of ether oxygens (including phenoxy) is 2. The van der Waals surface area contributed by atoms with Gasteiger partial charge in [-0.1, -0.05) is 0 Å². The van der Waals surface area contributed by atoms with Gasteiger partial charge in [0.1, 0.15) is 11.5 Å². The SMILES string of the molecule is CCNC(=NCCc1cc(OC)ccc1OC)NC1CCN(c2cccs2)CC1.I. The molecule has 1 aromatic carbocycles. The predicted molar refractivity (Wildman–Crippen MR) is 137 cm³/mol. The van der Waals surface area contributed by atoms with Crippen molar-refractivity contribution in [1.82, 2.24) is 10.6 Å². The van der Waals surface area contributed by atoms with Gasteiger partial charge in [0.15, 0.2) is 5.96 Å². The Hall–Kier alpha value is -1.68. The fraction of sp³-hybridized carbons (Fsp3) is 0.500. The number of hydrogen-bond acceptors (Lipinski definition) is 5. The second kappa shape index (κ2) is 12.9. The van der Waals surface area contributed by atoms with E-state index >= 15 is 0 Å². The molecular weight excluding hydrogens is 511 g/mol. The van der Waals surface area contributed by atoms with E-state index in [2.05, 4.69) is 40.0 Å². The number of aliphatic imine (C=N–C) groups is 1. The molecule has 8 heteroatoms. The Bertz CT molecular complexity index is 777. The number of guanidine groups is 1. The topological polar surface area (TPSA) is 58.1 Å². The predicted octanol–water partition coefficient (Wildman–Crippen LogP) is 4.15. The van der Waals surface area contributed by atoms with Gasteiger partial charge in [0.2, 0.25) is 0 Å². The number of thiophene rings is 1. The second-order valence-electron chi connectivity index (χ2n) is 7.05. The van der Waals surface area contributed by atoms with Crippen LogP contribution in [0, 0.1) is 0 Å². The average Bonchev–Trinajstić information content (AvgIpc) is 3.29. The quantitative estimate of drug-likeness (QED) is 0.297. The number of halogens is 1. The highest BCUT2D eigenvalue weighted by Gasteiger charge is 2.20. The summed E-state index contributed by atoms with van der Waals surface area (Å²) in [6.45, 7) is 5.80. The molecule has 166 valence electrons. The molecule has 6 nitrogen and oxygen atoms in total. The minimum atomic E-state index is 0. The summed E-state index contributed by atoms with van der Waals surface area (Å²) in [5, 5.41) is 10.5. The first-order chi connectivity index (χ1) is 14.2. The van der Waals surface area contributed by atoms with Crippen LogP contribution in [0.2, 0.25) is 0 Å². The van der Waals surface area contributed by atoms with Gasteiger partial charge >= 0.3 is 0 Å². The number of benzene rings is 1. The lowest BCUT2D eigenvalue weighted by Crippen LogP contribution is -2.48. The lowest BCUT2D eigenvalue weighted by Gasteiger charge is -2.33. The monoisotopic (exact) mass is 544 g/mol. The van der Waals surface area contributed by atoms with Gasteiger partial charge in [-0.15, -0.1) is 35.3 Å². The maximum Gasteiger partial charge on any atom is 0.191 e. The lowest BCUT2D eigenvalue weighted by atomic mass is 10.1. The van der Waals surface area contributed by atoms with E-state index in [1.165, 1.54) is 5.00 Å². The summed E-state index contributed by atoms with van der Waals surface area (Å²) in [4.78, 5) is 7.26. The smallest absolute Gasteiger partial charge is 0.191 e. The van der Waals surface area contributed by atoms with Crippen LogP contribution in [0.4, 0.5) is 5.00 Å². The third-order valence-electron chi connectivity index (χ3n) is 5.14. The standard InChI is InChI=1S/C22H32N4O2S.HI/c1-4-23-22(24-12-9-17-16-19(27-2)7-8-20(17)28-3)25-18-10-13-26(14-11-18)21-6-5-15-29-21;/h5-8,15-16,18H,4,9-14H2,1-3H3,(H2,23,24,25);1H. The molecule has 0 bridgehead atoms. The summed E-state index contributed by atoms with van der Waals surface area (Å²) < 4.78 is 10.8. The van der Waals surface area contributed by atoms with Crippen LogP contribution in [0.15, 0.2) is 40.7 Å². The van der Waals surface area contributed by atoms with Crippen molar-refractivity contribution in [2.24, 2.45) is 4.99 Å². The molecule has 3 rings (SSSR count). The van der Waals surface area contributed by atoms with Crippen LogP contribution in [-0.2, 0) is 6.42 Å². The van der Waals surface area contributed by atoms with Crippen molar-refractivity contribution in [3.8, 4) is 11.5 Å². The highest BCUT2D eigenvalue weighted by Crippen LogP contribution is 2.25. The minimum Gasteiger partial charge on any atom is -0.497 e. The molecule has 30 heavy (non-hydrogen) atoms. The van der Waals surface area contributed by atoms with Crippen molar-refractivity contribution < 1.29 is 9.47 Å². The summed E-state index contributed by atoms with van der Waals surface area (Å²) in [6.07, 6.45) is 3.03. The van der Waals surface area contributed by atoms with Gasteiger partial charge in [-0.05, 0) is 67.5 Å². The third kappa shape index (κ3) is 6.94. The molecule has 2 heterocycles. The van der Waals surface area contributed by atoms with E-state index in [-0.39, 0.29) is 24.0 Å². The number of methoxy groups -OCH3 is 2. The van der Waals surface area contributed by atoms with Crippen LogP contribution in [0.1, 0.15) is 25.3 Å². The summed E-state index contributed by atoms with van der Waals surface area (Å²) in [5.74, 6) is 2.61. The van der Waals surface area contributed by atoms with Gasteiger partial charge in [-0.25, -0.2) is 0 Å². The van der Waals surface area contributed by atoms with E-state index in [9.17, 15) is 0 Å². The van der Waals surface area contributed by atoms with Crippen molar-refractivity contribution in [2.45, 2.75) is 32.2 Å². The van der Waals surface area contributed by atoms with Crippen LogP contribution in [-0.4, -0.2) is 52.4 Å². The number of piperidine rings is 1. The lowest BCUT2D eigenvalue weighted by molar-refractivity contribution is 0.399. The van der Waals surface area contributed by atoms with Crippen molar-refractivity contribution >= 4 is 46.3 Å². The van der Waals surface area contributed by atoms with Gasteiger partial charge < -0.3 is 25.0 Å². The molecule has 1 aliphatic heterocycles. The maximum absolute atomic E-state index is 5.47. The van der Waals surface area contributed by atoms with Crippen molar-refractivity contribution in [1.29, 1.82) is 0 Å². The Morgan fingerprint density at radius 1 is 1.20 bits per heavy atom. The highest BCUT2D eigenvalue weighted by molar-refractivity contribution is 14.0. The zero-order valence-corrected chi connectivity index (χ0v) is 21.2. The normalized spacial score (nSPS) is 14.8. The third-order valence-corrected chi connectivity index (χ3v) is 6.07. The summed E-state index contributed by atoms with van der Waals surface area (Å²) in [5.41, 5.74) is 1.11. The Balaban J connectivity index is 0.00000320. The van der Waals surface area contributed by atoms with E-state index in [4.69, 9.17) is 14.5 Å². The zero-order valence-electron chi connectivity index (χ0n) is 18.0. The van der Waals surface area contributed by atoms with Crippen LogP contribution in [0.5, 0.6) is 11.5 Å². The molecule has 1 aromatic heterocycles. The molecule has 1 fully saturated rings. The Morgan fingerprint density at radius 2 is 2.00 bits per heavy atom. The summed E-state index contributed by atoms with van der Waals surface area (Å²) in [7, 11) is 3.38. The van der Waals surface area contributed by atoms with Crippen LogP contribution in [0.3, 0.4) is 0 Å². The van der Waals surface area contributed by atoms with Gasteiger partial charge in [-0.3, -0.25) is 4.99 Å². The molecule has 1 aliphatic rings. The molecule has 0 aliphatic carbocycles. The zero-order chi connectivity index (χ0) is 20.5. The number of rotatable bonds is 8. The van der Waals surface area contributed by atoms with Gasteiger partial charge in [-0.2, -0.15) is 0 Å². The first kappa shape index (κ1) is 24.6. The van der Waals surface area contributed by atoms with Crippen LogP contribution < -0.4 is 25.0 Å². The highest BCUT2D eigenvalue weighted by atomic mass is 127. The van der Waals surface area contributed by atoms with Crippen LogP contribution >= 0.6 is 35.3 Å². The van der Waals surface area contributed by atoms with E-state index in [0.29, 0.717) is 12.6 Å². The van der Waals surface area contributed by atoms with E-state index in [1.54, 1.807) is 14.2 Å². The molecule has 0 unspecified atom stereocenters. The van der Waals surface area contributed by atoms with Crippen molar-refractivity contribution in [2.75, 3.05) is 45.3 Å². The van der Waals surface area contributed by atoms with E-state index in [0.717, 1.165) is 61.9 Å². The fourth-order valence-electron chi connectivity index (χ4n) is 3.57. The van der Waals surface area contributed by atoms with Gasteiger partial charge in [0.25, 0.3) is 0 Å². The first-order valence-corrected chi connectivity index (χ1v) is 11.2. The molecule has 1 saturated heterocycles. The largest absolute Gasteiger partial charge is 0.497 e. The average molecular weight is 545 g/mol. The fourth-order valence-corrected chi connectivity index (χ4v) is 4.36. The van der Waals surface area contributed by atoms with Crippen LogP contribution in [0.25, 0.3) is 0 Å². The maximum atomic E-state index is 5.47. The molecule has 2 N–H and O–H groups in total. The van der Waals surface area contributed by atoms with E-state index < -0.39 is 0 Å². The molecule has 0 saturated carbocycles. The number of hydrogen-bond donors (Lipinski definition) is 2. The first-order valence-electron chi connectivity index (χ1n) is 10.3. The number of nitrogens with one attached hydrogen (secondary N) is 2. The molecule has 0 amide bonds. The van der Waals surface area contributed by atoms with Crippen molar-refractivity contribution in [3.63, 3.8) is 0 Å². The Labute approximate surface area is 201 Å². The molecule has 2 aromatic rings. The number of nitrogens with zero attached hydrogens (tertiary/aromatic N) is 2. The van der Waals surface area contributed by atoms with Gasteiger partial charge in [0.05, 0.1) is 19.2 Å². The number of anilines is 1. The Kier molecular flexibility index (Phi) is 10.6. The van der Waals surface area contributed by atoms with E-state index in [1.807, 2.05) is 29.5 Å².